The quantitative estimate of drug-likeness (QED) is 0.206. The lowest BCUT2D eigenvalue weighted by Gasteiger charge is -2.37. The van der Waals surface area contributed by atoms with Crippen molar-refractivity contribution in [3.8, 4) is 5.75 Å². The van der Waals surface area contributed by atoms with E-state index in [-0.39, 0.29) is 29.6 Å². The number of hydrogen-bond donors (Lipinski definition) is 1. The molecule has 0 aromatic heterocycles. The third kappa shape index (κ3) is 6.42. The molecule has 2 aromatic rings. The van der Waals surface area contributed by atoms with Crippen LogP contribution in [-0.4, -0.2) is 82.0 Å². The van der Waals surface area contributed by atoms with E-state index in [1.807, 2.05) is 59.5 Å². The van der Waals surface area contributed by atoms with Crippen molar-refractivity contribution in [1.82, 2.24) is 9.80 Å². The summed E-state index contributed by atoms with van der Waals surface area (Å²) in [5, 5.41) is 9.23. The van der Waals surface area contributed by atoms with E-state index in [0.717, 1.165) is 31.2 Å². The first-order valence-electron chi connectivity index (χ1n) is 16.0. The summed E-state index contributed by atoms with van der Waals surface area (Å²) in [7, 11) is 1.60. The molecule has 1 N–H and O–H groups in total. The molecule has 1 spiro atoms. The van der Waals surface area contributed by atoms with Crippen molar-refractivity contribution in [3.05, 3.63) is 85.5 Å². The van der Waals surface area contributed by atoms with Crippen molar-refractivity contribution in [1.29, 1.82) is 0 Å². The third-order valence-corrected chi connectivity index (χ3v) is 11.4. The number of carbonyl (C=O) groups excluding carboxylic acids is 3. The van der Waals surface area contributed by atoms with Gasteiger partial charge in [0, 0.05) is 43.7 Å². The maximum atomic E-state index is 14.8. The van der Waals surface area contributed by atoms with Crippen LogP contribution in [0, 0.1) is 11.8 Å². The molecule has 3 aliphatic heterocycles. The van der Waals surface area contributed by atoms with Gasteiger partial charge in [0.25, 0.3) is 5.91 Å². The molecular formula is C36H45N3O5S. The molecule has 45 heavy (non-hydrogen) atoms. The molecule has 3 aliphatic rings. The molecule has 2 bridgehead atoms. The topological polar surface area (TPSA) is 90.4 Å². The molecule has 240 valence electrons. The Balaban J connectivity index is 1.49. The molecule has 5 rings (SSSR count). The second-order valence-corrected chi connectivity index (χ2v) is 13.8. The number of hydrogen-bond acceptors (Lipinski definition) is 6. The van der Waals surface area contributed by atoms with Crippen LogP contribution in [-0.2, 0) is 20.9 Å². The Kier molecular flexibility index (Phi) is 10.7. The Bertz CT molecular complexity index is 1370. The minimum atomic E-state index is -0.690. The van der Waals surface area contributed by atoms with Gasteiger partial charge < -0.3 is 24.5 Å². The van der Waals surface area contributed by atoms with E-state index in [1.165, 1.54) is 0 Å². The number of carbonyl (C=O) groups is 3. The summed E-state index contributed by atoms with van der Waals surface area (Å²) in [6.45, 7) is 9.52. The Morgan fingerprint density at radius 2 is 1.73 bits per heavy atom. The van der Waals surface area contributed by atoms with Crippen molar-refractivity contribution >= 4 is 35.2 Å². The van der Waals surface area contributed by atoms with Crippen LogP contribution in [0.2, 0.25) is 0 Å². The second-order valence-electron chi connectivity index (χ2n) is 12.2. The normalized spacial score (nSPS) is 24.8. The van der Waals surface area contributed by atoms with E-state index in [2.05, 4.69) is 13.2 Å². The third-order valence-electron chi connectivity index (χ3n) is 9.47. The van der Waals surface area contributed by atoms with E-state index in [9.17, 15) is 19.5 Å². The predicted molar refractivity (Wildman–Crippen MR) is 179 cm³/mol. The van der Waals surface area contributed by atoms with Crippen LogP contribution in [0.4, 0.5) is 5.69 Å². The van der Waals surface area contributed by atoms with Gasteiger partial charge in [0.05, 0.1) is 23.7 Å². The molecule has 5 atom stereocenters. The summed E-state index contributed by atoms with van der Waals surface area (Å²) in [5.74, 6) is -0.636. The van der Waals surface area contributed by atoms with Crippen LogP contribution in [0.5, 0.6) is 5.75 Å². The van der Waals surface area contributed by atoms with Gasteiger partial charge in [-0.05, 0) is 55.5 Å². The zero-order chi connectivity index (χ0) is 32.0. The van der Waals surface area contributed by atoms with E-state index < -0.39 is 22.6 Å². The predicted octanol–water partition coefficient (Wildman–Crippen LogP) is 5.07. The van der Waals surface area contributed by atoms with E-state index in [1.54, 1.807) is 40.8 Å². The highest BCUT2D eigenvalue weighted by molar-refractivity contribution is 8.02. The number of anilines is 1. The average Bonchev–Trinajstić information content (AvgIpc) is 3.70. The van der Waals surface area contributed by atoms with E-state index >= 15 is 0 Å². The SMILES string of the molecule is C=CCN(Cc1ccccc1)C(=O)[C@@H]1[C@H]2C(=O)N(CCCCCCO)C(C(=O)N(CC=C)c3ccc(OC)cc3)C23CC[C@H]1S3. The van der Waals surface area contributed by atoms with Gasteiger partial charge in [-0.25, -0.2) is 0 Å². The van der Waals surface area contributed by atoms with Crippen molar-refractivity contribution in [3.63, 3.8) is 0 Å². The highest BCUT2D eigenvalue weighted by Crippen LogP contribution is 2.66. The number of thioether (sulfide) groups is 1. The van der Waals surface area contributed by atoms with Gasteiger partial charge in [0.1, 0.15) is 11.8 Å². The fourth-order valence-corrected chi connectivity index (χ4v) is 9.67. The molecule has 0 saturated carbocycles. The lowest BCUT2D eigenvalue weighted by molar-refractivity contribution is -0.144. The number of ether oxygens (including phenoxy) is 1. The van der Waals surface area contributed by atoms with Crippen LogP contribution in [0.1, 0.15) is 44.1 Å². The minimum Gasteiger partial charge on any atom is -0.497 e. The Morgan fingerprint density at radius 1 is 1.02 bits per heavy atom. The highest BCUT2D eigenvalue weighted by atomic mass is 32.2. The molecule has 3 fully saturated rings. The number of amides is 3. The van der Waals surface area contributed by atoms with Gasteiger partial charge in [0.2, 0.25) is 11.8 Å². The molecule has 3 saturated heterocycles. The van der Waals surface area contributed by atoms with Gasteiger partial charge in [-0.2, -0.15) is 0 Å². The Hall–Kier alpha value is -3.56. The van der Waals surface area contributed by atoms with Crippen LogP contribution in [0.15, 0.2) is 79.9 Å². The van der Waals surface area contributed by atoms with Gasteiger partial charge in [-0.15, -0.1) is 24.9 Å². The molecule has 3 amide bonds. The summed E-state index contributed by atoms with van der Waals surface area (Å²) in [5.41, 5.74) is 1.73. The number of methoxy groups -OCH3 is 1. The summed E-state index contributed by atoms with van der Waals surface area (Å²) in [6.07, 6.45) is 8.08. The molecule has 3 heterocycles. The van der Waals surface area contributed by atoms with Crippen molar-refractivity contribution in [2.75, 3.05) is 38.3 Å². The number of fused-ring (bicyclic) bond motifs is 1. The summed E-state index contributed by atoms with van der Waals surface area (Å²) < 4.78 is 4.66. The van der Waals surface area contributed by atoms with Gasteiger partial charge >= 0.3 is 0 Å². The fourth-order valence-electron chi connectivity index (χ4n) is 7.47. The Morgan fingerprint density at radius 3 is 2.40 bits per heavy atom. The van der Waals surface area contributed by atoms with Crippen LogP contribution in [0.25, 0.3) is 0 Å². The largest absolute Gasteiger partial charge is 0.497 e. The smallest absolute Gasteiger partial charge is 0.251 e. The average molecular weight is 632 g/mol. The summed E-state index contributed by atoms with van der Waals surface area (Å²) in [6, 6.07) is 16.5. The maximum Gasteiger partial charge on any atom is 0.251 e. The first-order chi connectivity index (χ1) is 21.9. The summed E-state index contributed by atoms with van der Waals surface area (Å²) >= 11 is 1.69. The van der Waals surface area contributed by atoms with Gasteiger partial charge in [-0.1, -0.05) is 55.3 Å². The fraction of sp³-hybridized carbons (Fsp3) is 0.472. The molecule has 2 unspecified atom stereocenters. The first-order valence-corrected chi connectivity index (χ1v) is 16.9. The van der Waals surface area contributed by atoms with Crippen LogP contribution in [0.3, 0.4) is 0 Å². The first kappa shape index (κ1) is 32.8. The van der Waals surface area contributed by atoms with Crippen LogP contribution >= 0.6 is 11.8 Å². The molecule has 2 aromatic carbocycles. The number of aliphatic hydroxyl groups excluding tert-OH is 1. The highest BCUT2D eigenvalue weighted by Gasteiger charge is 2.74. The summed E-state index contributed by atoms with van der Waals surface area (Å²) in [4.78, 5) is 49.0. The number of benzene rings is 2. The van der Waals surface area contributed by atoms with E-state index in [4.69, 9.17) is 4.74 Å². The number of rotatable bonds is 16. The molecule has 0 aliphatic carbocycles. The number of aliphatic hydroxyl groups is 1. The second kappa shape index (κ2) is 14.7. The van der Waals surface area contributed by atoms with E-state index in [0.29, 0.717) is 50.5 Å². The molecule has 0 radical (unpaired) electrons. The van der Waals surface area contributed by atoms with Gasteiger partial charge in [-0.3, -0.25) is 14.4 Å². The Labute approximate surface area is 271 Å². The molecule has 9 heteroatoms. The zero-order valence-corrected chi connectivity index (χ0v) is 27.0. The maximum absolute atomic E-state index is 14.8. The monoisotopic (exact) mass is 631 g/mol. The van der Waals surface area contributed by atoms with Crippen molar-refractivity contribution in [2.45, 2.75) is 61.1 Å². The molecule has 8 nitrogen and oxygen atoms in total. The van der Waals surface area contributed by atoms with Crippen molar-refractivity contribution < 1.29 is 24.2 Å². The zero-order valence-electron chi connectivity index (χ0n) is 26.2. The number of unbranched alkanes of at least 4 members (excludes halogenated alkanes) is 3. The minimum absolute atomic E-state index is 0.0228. The molecular weight excluding hydrogens is 586 g/mol. The lowest BCUT2D eigenvalue weighted by atomic mass is 9.70. The van der Waals surface area contributed by atoms with Gasteiger partial charge in [0.15, 0.2) is 0 Å². The number of nitrogens with zero attached hydrogens (tertiary/aromatic N) is 3. The van der Waals surface area contributed by atoms with Crippen molar-refractivity contribution in [2.24, 2.45) is 11.8 Å². The number of likely N-dealkylation sites (tertiary alicyclic amines) is 1. The van der Waals surface area contributed by atoms with Crippen LogP contribution < -0.4 is 9.64 Å². The lowest BCUT2D eigenvalue weighted by Crippen LogP contribution is -2.55. The standard InChI is InChI=1S/C36H45N3O5S/c1-4-21-37(25-26-13-9-8-10-14-26)33(41)30-29-19-20-36(45-29)31(30)34(42)39(23-11-6-7-12-24-40)32(36)35(43)38(22-5-2)27-15-17-28(44-3)18-16-27/h4-5,8-10,13-18,29-32,40H,1-2,6-7,11-12,19-25H2,3H3/t29-,30+,31+,32?,36?/m1/s1.